The summed E-state index contributed by atoms with van der Waals surface area (Å²) in [6, 6.07) is 0. The molecule has 0 aromatic carbocycles. The average molecular weight is 144 g/mol. The third-order valence-electron chi connectivity index (χ3n) is 1.87. The van der Waals surface area contributed by atoms with E-state index in [9.17, 15) is 4.79 Å². The quantitative estimate of drug-likeness (QED) is 0.577. The Hall–Kier alpha value is -0.313. The molecule has 0 saturated heterocycles. The molecule has 0 fully saturated rings. The van der Waals surface area contributed by atoms with Gasteiger partial charge in [0.1, 0.15) is 0 Å². The van der Waals surface area contributed by atoms with Crippen LogP contribution in [0.3, 0.4) is 0 Å². The predicted octanol–water partition coefficient (Wildman–Crippen LogP) is 1.01. The van der Waals surface area contributed by atoms with Crippen molar-refractivity contribution in [1.29, 1.82) is 0 Å². The topological polar surface area (TPSA) is 43.1 Å². The van der Waals surface area contributed by atoms with Crippen molar-refractivity contribution in [1.82, 2.24) is 0 Å². The Morgan fingerprint density at radius 2 is 1.78 bits per heavy atom. The van der Waals surface area contributed by atoms with Crippen LogP contribution in [-0.2, 0) is 4.79 Å². The second kappa shape index (κ2) is 2.52. The number of carbonyl (C=O) groups excluding carboxylic acids is 1. The van der Waals surface area contributed by atoms with Crippen LogP contribution in [0.5, 0.6) is 0 Å². The zero-order valence-corrected chi connectivity index (χ0v) is 7.49. The van der Waals surface area contributed by atoms with Gasteiger partial charge in [-0.3, -0.25) is 4.79 Å². The van der Waals surface area contributed by atoms with E-state index in [1.54, 1.807) is 0 Å². The summed E-state index contributed by atoms with van der Waals surface area (Å²) in [5.74, 6) is -0.179. The first-order valence-corrected chi connectivity index (χ1v) is 5.49. The van der Waals surface area contributed by atoms with Crippen molar-refractivity contribution in [2.45, 2.75) is 32.0 Å². The van der Waals surface area contributed by atoms with E-state index in [0.29, 0.717) is 0 Å². The summed E-state index contributed by atoms with van der Waals surface area (Å²) < 4.78 is 0. The standard InChI is InChI=1S/C6H14NOSi/c1-6(2,5(7)8)9(3)4/h1-4H3,(H2,7,8). The van der Waals surface area contributed by atoms with Crippen molar-refractivity contribution in [3.8, 4) is 0 Å². The van der Waals surface area contributed by atoms with Crippen LogP contribution in [-0.4, -0.2) is 14.7 Å². The maximum absolute atomic E-state index is 10.7. The van der Waals surface area contributed by atoms with E-state index in [-0.39, 0.29) is 10.9 Å². The van der Waals surface area contributed by atoms with Gasteiger partial charge in [-0.2, -0.15) is 0 Å². The number of hydrogen-bond acceptors (Lipinski definition) is 1. The minimum Gasteiger partial charge on any atom is -0.369 e. The van der Waals surface area contributed by atoms with E-state index in [2.05, 4.69) is 13.1 Å². The number of nitrogens with two attached hydrogens (primary N) is 1. The molecule has 0 unspecified atom stereocenters. The van der Waals surface area contributed by atoms with E-state index < -0.39 is 8.80 Å². The summed E-state index contributed by atoms with van der Waals surface area (Å²) >= 11 is 0. The molecule has 0 bridgehead atoms. The summed E-state index contributed by atoms with van der Waals surface area (Å²) in [4.78, 5) is 10.7. The van der Waals surface area contributed by atoms with Crippen LogP contribution >= 0.6 is 0 Å². The molecule has 3 heteroatoms. The minimum atomic E-state index is -0.585. The van der Waals surface area contributed by atoms with Gasteiger partial charge in [-0.25, -0.2) is 0 Å². The third-order valence-corrected chi connectivity index (χ3v) is 4.61. The molecule has 0 atom stereocenters. The molecule has 0 heterocycles. The molecule has 0 aromatic heterocycles. The van der Waals surface area contributed by atoms with Crippen molar-refractivity contribution < 1.29 is 4.79 Å². The molecule has 0 aliphatic carbocycles. The molecule has 0 aromatic rings. The predicted molar refractivity (Wildman–Crippen MR) is 40.7 cm³/mol. The lowest BCUT2D eigenvalue weighted by atomic mass is 10.2. The first-order chi connectivity index (χ1) is 3.89. The molecule has 1 radical (unpaired) electrons. The van der Waals surface area contributed by atoms with Crippen LogP contribution in [0.15, 0.2) is 0 Å². The van der Waals surface area contributed by atoms with Crippen LogP contribution in [0.25, 0.3) is 0 Å². The summed E-state index contributed by atoms with van der Waals surface area (Å²) in [6.07, 6.45) is 0. The molecule has 2 N–H and O–H groups in total. The van der Waals surface area contributed by atoms with Gasteiger partial charge >= 0.3 is 0 Å². The molecule has 0 saturated carbocycles. The Bertz CT molecular complexity index is 120. The number of carbonyl (C=O) groups is 1. The van der Waals surface area contributed by atoms with Gasteiger partial charge in [0.2, 0.25) is 5.91 Å². The SMILES string of the molecule is C[Si](C)C(C)(C)C(N)=O. The highest BCUT2D eigenvalue weighted by molar-refractivity contribution is 6.63. The van der Waals surface area contributed by atoms with Crippen LogP contribution in [0.4, 0.5) is 0 Å². The first kappa shape index (κ1) is 8.69. The fraction of sp³-hybridized carbons (Fsp3) is 0.833. The minimum absolute atomic E-state index is 0.179. The molecular weight excluding hydrogens is 130 g/mol. The number of rotatable bonds is 2. The maximum Gasteiger partial charge on any atom is 0.220 e. The highest BCUT2D eigenvalue weighted by Crippen LogP contribution is 2.26. The van der Waals surface area contributed by atoms with Crippen molar-refractivity contribution in [3.63, 3.8) is 0 Å². The van der Waals surface area contributed by atoms with E-state index in [0.717, 1.165) is 0 Å². The second-order valence-corrected chi connectivity index (χ2v) is 6.24. The van der Waals surface area contributed by atoms with Gasteiger partial charge in [0.25, 0.3) is 0 Å². The highest BCUT2D eigenvalue weighted by atomic mass is 28.3. The van der Waals surface area contributed by atoms with Gasteiger partial charge in [0.05, 0.1) is 8.80 Å². The molecule has 53 valence electrons. The summed E-state index contributed by atoms with van der Waals surface area (Å²) in [5.41, 5.74) is 5.16. The van der Waals surface area contributed by atoms with Crippen molar-refractivity contribution in [3.05, 3.63) is 0 Å². The third kappa shape index (κ3) is 1.82. The monoisotopic (exact) mass is 144 g/mol. The van der Waals surface area contributed by atoms with E-state index in [1.165, 1.54) is 0 Å². The molecule has 0 aliphatic heterocycles. The summed E-state index contributed by atoms with van der Waals surface area (Å²) in [6.45, 7) is 8.00. The molecular formula is C6H14NOSi. The van der Waals surface area contributed by atoms with Crippen LogP contribution in [0.1, 0.15) is 13.8 Å². The van der Waals surface area contributed by atoms with Crippen LogP contribution in [0, 0.1) is 0 Å². The summed E-state index contributed by atoms with van der Waals surface area (Å²) in [5, 5.41) is -0.259. The number of hydrogen-bond donors (Lipinski definition) is 1. The molecule has 0 spiro atoms. The Morgan fingerprint density at radius 3 is 1.78 bits per heavy atom. The fourth-order valence-electron chi connectivity index (χ4n) is 0.246. The van der Waals surface area contributed by atoms with Gasteiger partial charge < -0.3 is 5.73 Å². The molecule has 9 heavy (non-hydrogen) atoms. The highest BCUT2D eigenvalue weighted by Gasteiger charge is 2.29. The maximum atomic E-state index is 10.7. The zero-order valence-electron chi connectivity index (χ0n) is 6.49. The molecule has 0 rings (SSSR count). The van der Waals surface area contributed by atoms with Gasteiger partial charge in [0, 0.05) is 5.04 Å². The van der Waals surface area contributed by atoms with E-state index in [4.69, 9.17) is 5.73 Å². The van der Waals surface area contributed by atoms with E-state index in [1.807, 2.05) is 13.8 Å². The Labute approximate surface area is 58.0 Å². The van der Waals surface area contributed by atoms with Crippen molar-refractivity contribution >= 4 is 14.7 Å². The molecule has 1 amide bonds. The Morgan fingerprint density at radius 1 is 1.44 bits per heavy atom. The largest absolute Gasteiger partial charge is 0.369 e. The normalized spacial score (nSPS) is 12.1. The fourth-order valence-corrected chi connectivity index (χ4v) is 0.739. The number of amides is 1. The summed E-state index contributed by atoms with van der Waals surface area (Å²) in [7, 11) is -0.585. The van der Waals surface area contributed by atoms with Gasteiger partial charge in [0.15, 0.2) is 0 Å². The molecule has 2 nitrogen and oxygen atoms in total. The van der Waals surface area contributed by atoms with Crippen molar-refractivity contribution in [2.75, 3.05) is 0 Å². The lowest BCUT2D eigenvalue weighted by Gasteiger charge is -2.23. The van der Waals surface area contributed by atoms with Gasteiger partial charge in [-0.1, -0.05) is 26.9 Å². The average Bonchev–Trinajstić information content (AvgIpc) is 1.65. The lowest BCUT2D eigenvalue weighted by Crippen LogP contribution is -2.35. The van der Waals surface area contributed by atoms with Crippen LogP contribution < -0.4 is 5.73 Å². The van der Waals surface area contributed by atoms with E-state index >= 15 is 0 Å². The lowest BCUT2D eigenvalue weighted by molar-refractivity contribution is -0.120. The van der Waals surface area contributed by atoms with Gasteiger partial charge in [-0.05, 0) is 0 Å². The zero-order chi connectivity index (χ0) is 7.65. The molecule has 0 aliphatic rings. The van der Waals surface area contributed by atoms with Crippen molar-refractivity contribution in [2.24, 2.45) is 5.73 Å². The van der Waals surface area contributed by atoms with Crippen LogP contribution in [0.2, 0.25) is 18.1 Å². The first-order valence-electron chi connectivity index (χ1n) is 2.99. The second-order valence-electron chi connectivity index (χ2n) is 2.99. The Balaban J connectivity index is 4.19. The Kier molecular flexibility index (Phi) is 2.43. The number of primary amides is 1. The van der Waals surface area contributed by atoms with Gasteiger partial charge in [-0.15, -0.1) is 0 Å². The smallest absolute Gasteiger partial charge is 0.220 e.